The molecule has 0 aromatic carbocycles. The van der Waals surface area contributed by atoms with E-state index in [4.69, 9.17) is 17.3 Å². The van der Waals surface area contributed by atoms with Crippen molar-refractivity contribution in [1.82, 2.24) is 15.2 Å². The lowest BCUT2D eigenvalue weighted by Gasteiger charge is -2.20. The molecule has 0 unspecified atom stereocenters. The summed E-state index contributed by atoms with van der Waals surface area (Å²) in [6.45, 7) is 5.98. The minimum absolute atomic E-state index is 0.205. The zero-order valence-electron chi connectivity index (χ0n) is 12.3. The van der Waals surface area contributed by atoms with Crippen LogP contribution in [0, 0.1) is 0 Å². The fourth-order valence-electron chi connectivity index (χ4n) is 1.68. The Hall–Kier alpha value is -1.33. The second-order valence-electron chi connectivity index (χ2n) is 5.13. The second kappa shape index (κ2) is 8.07. The molecule has 0 aliphatic heterocycles. The van der Waals surface area contributed by atoms with Crippen LogP contribution in [0.15, 0.2) is 12.3 Å². The number of rotatable bonds is 7. The monoisotopic (exact) mass is 298 g/mol. The number of anilines is 1. The van der Waals surface area contributed by atoms with Gasteiger partial charge in [0.15, 0.2) is 0 Å². The molecule has 0 saturated carbocycles. The maximum absolute atomic E-state index is 11.9. The molecule has 1 amide bonds. The summed E-state index contributed by atoms with van der Waals surface area (Å²) in [5.74, 6) is -0.205. The SMILES string of the molecule is CC(C)N(C)CCCCNC(=O)c1cc(Cl)ncc1N. The van der Waals surface area contributed by atoms with Crippen LogP contribution in [0.4, 0.5) is 5.69 Å². The maximum atomic E-state index is 11.9. The number of amides is 1. The van der Waals surface area contributed by atoms with Crippen molar-refractivity contribution >= 4 is 23.2 Å². The topological polar surface area (TPSA) is 71.2 Å². The fraction of sp³-hybridized carbons (Fsp3) is 0.571. The first-order valence-electron chi connectivity index (χ1n) is 6.81. The average molecular weight is 299 g/mol. The van der Waals surface area contributed by atoms with Gasteiger partial charge in [-0.25, -0.2) is 4.98 Å². The van der Waals surface area contributed by atoms with E-state index in [0.717, 1.165) is 19.4 Å². The second-order valence-corrected chi connectivity index (χ2v) is 5.52. The number of nitrogen functional groups attached to an aromatic ring is 1. The zero-order valence-corrected chi connectivity index (χ0v) is 13.1. The van der Waals surface area contributed by atoms with E-state index in [0.29, 0.717) is 23.8 Å². The van der Waals surface area contributed by atoms with E-state index in [-0.39, 0.29) is 11.1 Å². The minimum atomic E-state index is -0.205. The van der Waals surface area contributed by atoms with Crippen LogP contribution in [0.1, 0.15) is 37.0 Å². The van der Waals surface area contributed by atoms with Gasteiger partial charge in [0.25, 0.3) is 5.91 Å². The molecule has 1 aromatic rings. The lowest BCUT2D eigenvalue weighted by molar-refractivity contribution is 0.0953. The van der Waals surface area contributed by atoms with Crippen LogP contribution < -0.4 is 11.1 Å². The largest absolute Gasteiger partial charge is 0.397 e. The summed E-state index contributed by atoms with van der Waals surface area (Å²) < 4.78 is 0. The number of nitrogens with zero attached hydrogens (tertiary/aromatic N) is 2. The van der Waals surface area contributed by atoms with Gasteiger partial charge in [0.1, 0.15) is 5.15 Å². The number of carbonyl (C=O) groups excluding carboxylic acids is 1. The van der Waals surface area contributed by atoms with Crippen molar-refractivity contribution in [2.24, 2.45) is 0 Å². The third-order valence-electron chi connectivity index (χ3n) is 3.25. The average Bonchev–Trinajstić information content (AvgIpc) is 2.40. The van der Waals surface area contributed by atoms with Crippen molar-refractivity contribution in [2.45, 2.75) is 32.7 Å². The fourth-order valence-corrected chi connectivity index (χ4v) is 1.84. The molecule has 0 atom stereocenters. The van der Waals surface area contributed by atoms with E-state index in [1.165, 1.54) is 12.3 Å². The number of hydrogen-bond donors (Lipinski definition) is 2. The molecule has 20 heavy (non-hydrogen) atoms. The molecule has 0 saturated heterocycles. The molecule has 112 valence electrons. The molecule has 0 radical (unpaired) electrons. The molecule has 0 aliphatic rings. The number of nitrogens with two attached hydrogens (primary N) is 1. The van der Waals surface area contributed by atoms with Crippen molar-refractivity contribution in [2.75, 3.05) is 25.9 Å². The highest BCUT2D eigenvalue weighted by atomic mass is 35.5. The van der Waals surface area contributed by atoms with Gasteiger partial charge in [-0.3, -0.25) is 4.79 Å². The van der Waals surface area contributed by atoms with Crippen LogP contribution in [0.5, 0.6) is 0 Å². The predicted octanol–water partition coefficient (Wildman–Crippen LogP) is 2.17. The molecule has 3 N–H and O–H groups in total. The van der Waals surface area contributed by atoms with Crippen molar-refractivity contribution in [3.63, 3.8) is 0 Å². The van der Waals surface area contributed by atoms with Gasteiger partial charge in [0, 0.05) is 12.6 Å². The van der Waals surface area contributed by atoms with Gasteiger partial charge in [-0.15, -0.1) is 0 Å². The van der Waals surface area contributed by atoms with Crippen LogP contribution in [0.2, 0.25) is 5.15 Å². The highest BCUT2D eigenvalue weighted by molar-refractivity contribution is 6.29. The summed E-state index contributed by atoms with van der Waals surface area (Å²) in [7, 11) is 2.10. The summed E-state index contributed by atoms with van der Waals surface area (Å²) in [5, 5.41) is 3.11. The Morgan fingerprint density at radius 2 is 2.20 bits per heavy atom. The lowest BCUT2D eigenvalue weighted by atomic mass is 10.2. The highest BCUT2D eigenvalue weighted by Crippen LogP contribution is 2.14. The number of nitrogens with one attached hydrogen (secondary N) is 1. The van der Waals surface area contributed by atoms with Gasteiger partial charge in [-0.2, -0.15) is 0 Å². The number of hydrogen-bond acceptors (Lipinski definition) is 4. The Balaban J connectivity index is 2.32. The standard InChI is InChI=1S/C14H23ClN4O/c1-10(2)19(3)7-5-4-6-17-14(20)11-8-13(15)18-9-12(11)16/h8-10H,4-7,16H2,1-3H3,(H,17,20). The lowest BCUT2D eigenvalue weighted by Crippen LogP contribution is -2.29. The molecule has 1 rings (SSSR count). The smallest absolute Gasteiger partial charge is 0.253 e. The zero-order chi connectivity index (χ0) is 15.1. The Morgan fingerprint density at radius 3 is 2.85 bits per heavy atom. The predicted molar refractivity (Wildman–Crippen MR) is 83.0 cm³/mol. The minimum Gasteiger partial charge on any atom is -0.397 e. The van der Waals surface area contributed by atoms with Crippen molar-refractivity contribution in [3.05, 3.63) is 23.0 Å². The Kier molecular flexibility index (Phi) is 6.75. The molecule has 0 fully saturated rings. The van der Waals surface area contributed by atoms with Crippen LogP contribution in [-0.4, -0.2) is 42.0 Å². The van der Waals surface area contributed by atoms with Gasteiger partial charge >= 0.3 is 0 Å². The summed E-state index contributed by atoms with van der Waals surface area (Å²) >= 11 is 5.76. The number of carbonyl (C=O) groups is 1. The van der Waals surface area contributed by atoms with Crippen LogP contribution in [0.3, 0.4) is 0 Å². The van der Waals surface area contributed by atoms with E-state index >= 15 is 0 Å². The first kappa shape index (κ1) is 16.7. The number of halogens is 1. The van der Waals surface area contributed by atoms with E-state index in [2.05, 4.69) is 36.1 Å². The normalized spacial score (nSPS) is 11.1. The summed E-state index contributed by atoms with van der Waals surface area (Å²) in [6, 6.07) is 2.03. The molecule has 1 aromatic heterocycles. The van der Waals surface area contributed by atoms with Gasteiger partial charge in [-0.1, -0.05) is 11.6 Å². The van der Waals surface area contributed by atoms with Gasteiger partial charge in [0.05, 0.1) is 17.4 Å². The molecule has 0 aliphatic carbocycles. The van der Waals surface area contributed by atoms with Crippen LogP contribution in [-0.2, 0) is 0 Å². The number of aromatic nitrogens is 1. The third-order valence-corrected chi connectivity index (χ3v) is 3.46. The highest BCUT2D eigenvalue weighted by Gasteiger charge is 2.10. The summed E-state index contributed by atoms with van der Waals surface area (Å²) in [4.78, 5) is 18.0. The first-order valence-corrected chi connectivity index (χ1v) is 7.19. The third kappa shape index (κ3) is 5.35. The summed E-state index contributed by atoms with van der Waals surface area (Å²) in [5.41, 5.74) is 6.42. The Morgan fingerprint density at radius 1 is 1.50 bits per heavy atom. The number of pyridine rings is 1. The van der Waals surface area contributed by atoms with E-state index in [1.807, 2.05) is 0 Å². The van der Waals surface area contributed by atoms with E-state index in [1.54, 1.807) is 0 Å². The van der Waals surface area contributed by atoms with Crippen LogP contribution in [0.25, 0.3) is 0 Å². The molecule has 5 nitrogen and oxygen atoms in total. The van der Waals surface area contributed by atoms with Gasteiger partial charge in [-0.05, 0) is 46.3 Å². The van der Waals surface area contributed by atoms with Crippen molar-refractivity contribution in [3.8, 4) is 0 Å². The molecule has 0 bridgehead atoms. The number of unbranched alkanes of at least 4 members (excludes halogenated alkanes) is 1. The molecular formula is C14H23ClN4O. The Bertz CT molecular complexity index is 451. The Labute approximate surface area is 125 Å². The first-order chi connectivity index (χ1) is 9.41. The molecule has 0 spiro atoms. The van der Waals surface area contributed by atoms with E-state index < -0.39 is 0 Å². The quantitative estimate of drug-likeness (QED) is 0.598. The molecular weight excluding hydrogens is 276 g/mol. The van der Waals surface area contributed by atoms with Crippen molar-refractivity contribution < 1.29 is 4.79 Å². The van der Waals surface area contributed by atoms with E-state index in [9.17, 15) is 4.79 Å². The van der Waals surface area contributed by atoms with Gasteiger partial charge in [0.2, 0.25) is 0 Å². The van der Waals surface area contributed by atoms with Crippen LogP contribution >= 0.6 is 11.6 Å². The molecule has 6 heteroatoms. The molecule has 1 heterocycles. The van der Waals surface area contributed by atoms with Gasteiger partial charge < -0.3 is 16.0 Å². The van der Waals surface area contributed by atoms with Crippen molar-refractivity contribution in [1.29, 1.82) is 0 Å². The summed E-state index contributed by atoms with van der Waals surface area (Å²) in [6.07, 6.45) is 3.37. The maximum Gasteiger partial charge on any atom is 0.253 e.